The van der Waals surface area contributed by atoms with E-state index in [4.69, 9.17) is 5.73 Å². The number of pyridine rings is 2. The molecule has 15 heavy (non-hydrogen) atoms. The Balaban J connectivity index is 2.32. The highest BCUT2D eigenvalue weighted by atomic mass is 15.2. The number of aromatic nitrogens is 2. The Labute approximate surface area is 88.4 Å². The molecule has 2 heterocycles. The van der Waals surface area contributed by atoms with Crippen molar-refractivity contribution < 1.29 is 0 Å². The topological polar surface area (TPSA) is 55.0 Å². The zero-order valence-corrected chi connectivity index (χ0v) is 8.46. The average Bonchev–Trinajstić information content (AvgIpc) is 2.29. The summed E-state index contributed by atoms with van der Waals surface area (Å²) >= 11 is 0. The van der Waals surface area contributed by atoms with Crippen molar-refractivity contribution in [2.45, 2.75) is 0 Å². The van der Waals surface area contributed by atoms with Gasteiger partial charge in [-0.1, -0.05) is 6.07 Å². The third kappa shape index (κ3) is 2.04. The number of anilines is 3. The first kappa shape index (κ1) is 9.45. The van der Waals surface area contributed by atoms with Gasteiger partial charge in [0.1, 0.15) is 11.6 Å². The molecule has 0 aromatic carbocycles. The Bertz CT molecular complexity index is 441. The molecule has 2 N–H and O–H groups in total. The van der Waals surface area contributed by atoms with Gasteiger partial charge in [-0.05, 0) is 24.3 Å². The smallest absolute Gasteiger partial charge is 0.135 e. The predicted octanol–water partition coefficient (Wildman–Crippen LogP) is 1.83. The van der Waals surface area contributed by atoms with Crippen molar-refractivity contribution in [2.24, 2.45) is 0 Å². The van der Waals surface area contributed by atoms with E-state index < -0.39 is 0 Å². The number of nitrogen functional groups attached to an aromatic ring is 1. The maximum Gasteiger partial charge on any atom is 0.135 e. The summed E-state index contributed by atoms with van der Waals surface area (Å²) < 4.78 is 0. The van der Waals surface area contributed by atoms with Crippen LogP contribution in [-0.2, 0) is 0 Å². The van der Waals surface area contributed by atoms with Gasteiger partial charge in [0.05, 0.1) is 11.9 Å². The molecule has 0 saturated carbocycles. The highest BCUT2D eigenvalue weighted by molar-refractivity contribution is 5.59. The molecular formula is C11H12N4. The molecule has 4 heteroatoms. The highest BCUT2D eigenvalue weighted by Crippen LogP contribution is 2.20. The lowest BCUT2D eigenvalue weighted by atomic mass is 10.3. The van der Waals surface area contributed by atoms with Gasteiger partial charge in [-0.25, -0.2) is 4.98 Å². The van der Waals surface area contributed by atoms with E-state index in [9.17, 15) is 0 Å². The van der Waals surface area contributed by atoms with Crippen LogP contribution in [0.3, 0.4) is 0 Å². The first-order chi connectivity index (χ1) is 7.27. The van der Waals surface area contributed by atoms with Gasteiger partial charge < -0.3 is 10.6 Å². The fourth-order valence-corrected chi connectivity index (χ4v) is 1.31. The van der Waals surface area contributed by atoms with Crippen molar-refractivity contribution in [1.29, 1.82) is 0 Å². The Hall–Kier alpha value is -2.10. The van der Waals surface area contributed by atoms with E-state index in [-0.39, 0.29) is 0 Å². The Morgan fingerprint density at radius 2 is 2.07 bits per heavy atom. The van der Waals surface area contributed by atoms with Crippen LogP contribution in [-0.4, -0.2) is 17.0 Å². The molecule has 0 radical (unpaired) electrons. The number of rotatable bonds is 2. The van der Waals surface area contributed by atoms with Gasteiger partial charge in [-0.15, -0.1) is 0 Å². The molecule has 2 aromatic rings. The van der Waals surface area contributed by atoms with Crippen molar-refractivity contribution in [3.63, 3.8) is 0 Å². The fraction of sp³-hybridized carbons (Fsp3) is 0.0909. The van der Waals surface area contributed by atoms with Crippen molar-refractivity contribution in [1.82, 2.24) is 9.97 Å². The molecule has 0 aliphatic heterocycles. The molecule has 0 unspecified atom stereocenters. The highest BCUT2D eigenvalue weighted by Gasteiger charge is 2.04. The molecule has 0 bridgehead atoms. The maximum absolute atomic E-state index is 5.62. The second kappa shape index (κ2) is 3.96. The van der Waals surface area contributed by atoms with E-state index in [1.54, 1.807) is 18.5 Å². The molecule has 4 nitrogen and oxygen atoms in total. The van der Waals surface area contributed by atoms with Crippen molar-refractivity contribution in [3.05, 3.63) is 42.7 Å². The zero-order valence-electron chi connectivity index (χ0n) is 8.46. The van der Waals surface area contributed by atoms with Crippen molar-refractivity contribution in [3.8, 4) is 0 Å². The molecule has 0 fully saturated rings. The summed E-state index contributed by atoms with van der Waals surface area (Å²) in [4.78, 5) is 10.2. The predicted molar refractivity (Wildman–Crippen MR) is 60.9 cm³/mol. The summed E-state index contributed by atoms with van der Waals surface area (Å²) in [5, 5.41) is 0. The molecule has 2 aromatic heterocycles. The maximum atomic E-state index is 5.62. The van der Waals surface area contributed by atoms with E-state index in [0.29, 0.717) is 5.82 Å². The largest absolute Gasteiger partial charge is 0.384 e. The number of nitrogens with two attached hydrogens (primary N) is 1. The van der Waals surface area contributed by atoms with Crippen LogP contribution in [0.2, 0.25) is 0 Å². The minimum atomic E-state index is 0.517. The van der Waals surface area contributed by atoms with Crippen LogP contribution in [0.1, 0.15) is 0 Å². The quantitative estimate of drug-likeness (QED) is 0.803. The van der Waals surface area contributed by atoms with E-state index in [1.807, 2.05) is 36.2 Å². The summed E-state index contributed by atoms with van der Waals surface area (Å²) in [6.07, 6.45) is 3.52. The van der Waals surface area contributed by atoms with Gasteiger partial charge in [0.2, 0.25) is 0 Å². The Morgan fingerprint density at radius 3 is 2.73 bits per heavy atom. The molecule has 76 valence electrons. The second-order valence-electron chi connectivity index (χ2n) is 3.19. The lowest BCUT2D eigenvalue weighted by Gasteiger charge is -2.17. The average molecular weight is 200 g/mol. The van der Waals surface area contributed by atoms with Crippen LogP contribution < -0.4 is 10.6 Å². The third-order valence-electron chi connectivity index (χ3n) is 2.13. The Morgan fingerprint density at radius 1 is 1.20 bits per heavy atom. The standard InChI is InChI=1S/C11H12N4/c1-15(9-4-3-7-13-8-9)11-6-2-5-10(12)14-11/h2-8H,1H3,(H2,12,14). The van der Waals surface area contributed by atoms with E-state index in [1.165, 1.54) is 0 Å². The van der Waals surface area contributed by atoms with E-state index in [2.05, 4.69) is 9.97 Å². The molecule has 0 aliphatic carbocycles. The lowest BCUT2D eigenvalue weighted by molar-refractivity contribution is 1.12. The summed E-state index contributed by atoms with van der Waals surface area (Å²) in [6, 6.07) is 9.41. The number of nitrogens with zero attached hydrogens (tertiary/aromatic N) is 3. The molecular weight excluding hydrogens is 188 g/mol. The van der Waals surface area contributed by atoms with Crippen LogP contribution >= 0.6 is 0 Å². The van der Waals surface area contributed by atoms with Gasteiger partial charge >= 0.3 is 0 Å². The summed E-state index contributed by atoms with van der Waals surface area (Å²) in [6.45, 7) is 0. The molecule has 0 spiro atoms. The van der Waals surface area contributed by atoms with Crippen LogP contribution in [0.5, 0.6) is 0 Å². The molecule has 0 aliphatic rings. The minimum Gasteiger partial charge on any atom is -0.384 e. The van der Waals surface area contributed by atoms with E-state index >= 15 is 0 Å². The molecule has 0 amide bonds. The fourth-order valence-electron chi connectivity index (χ4n) is 1.31. The number of hydrogen-bond acceptors (Lipinski definition) is 4. The third-order valence-corrected chi connectivity index (χ3v) is 2.13. The van der Waals surface area contributed by atoms with Gasteiger partial charge in [-0.2, -0.15) is 0 Å². The van der Waals surface area contributed by atoms with E-state index in [0.717, 1.165) is 11.5 Å². The van der Waals surface area contributed by atoms with Crippen LogP contribution in [0.25, 0.3) is 0 Å². The van der Waals surface area contributed by atoms with Gasteiger partial charge in [0.25, 0.3) is 0 Å². The Kier molecular flexibility index (Phi) is 2.49. The van der Waals surface area contributed by atoms with Crippen LogP contribution in [0.4, 0.5) is 17.3 Å². The minimum absolute atomic E-state index is 0.517. The zero-order chi connectivity index (χ0) is 10.7. The van der Waals surface area contributed by atoms with Gasteiger partial charge in [-0.3, -0.25) is 4.98 Å². The lowest BCUT2D eigenvalue weighted by Crippen LogP contribution is -2.11. The van der Waals surface area contributed by atoms with Gasteiger partial charge in [0, 0.05) is 13.2 Å². The molecule has 0 saturated heterocycles. The second-order valence-corrected chi connectivity index (χ2v) is 3.19. The molecule has 0 atom stereocenters. The summed E-state index contributed by atoms with van der Waals surface area (Å²) in [5.41, 5.74) is 6.60. The van der Waals surface area contributed by atoms with Crippen molar-refractivity contribution in [2.75, 3.05) is 17.7 Å². The summed E-state index contributed by atoms with van der Waals surface area (Å²) in [5.74, 6) is 1.33. The van der Waals surface area contributed by atoms with Crippen molar-refractivity contribution >= 4 is 17.3 Å². The normalized spacial score (nSPS) is 9.93. The molecule has 2 rings (SSSR count). The first-order valence-electron chi connectivity index (χ1n) is 4.63. The monoisotopic (exact) mass is 200 g/mol. The van der Waals surface area contributed by atoms with Crippen LogP contribution in [0, 0.1) is 0 Å². The van der Waals surface area contributed by atoms with Gasteiger partial charge in [0.15, 0.2) is 0 Å². The number of hydrogen-bond donors (Lipinski definition) is 1. The summed E-state index contributed by atoms with van der Waals surface area (Å²) in [7, 11) is 1.93. The van der Waals surface area contributed by atoms with Crippen LogP contribution in [0.15, 0.2) is 42.7 Å². The SMILES string of the molecule is CN(c1cccnc1)c1cccc(N)n1. The first-order valence-corrected chi connectivity index (χ1v) is 4.63.